The van der Waals surface area contributed by atoms with Crippen LogP contribution in [0.2, 0.25) is 15.1 Å². The summed E-state index contributed by atoms with van der Waals surface area (Å²) < 4.78 is 15.8. The zero-order chi connectivity index (χ0) is 16.4. The molecule has 1 aliphatic rings. The number of benzene rings is 2. The van der Waals surface area contributed by atoms with Crippen molar-refractivity contribution in [3.63, 3.8) is 0 Å². The van der Waals surface area contributed by atoms with Crippen molar-refractivity contribution in [2.75, 3.05) is 18.7 Å². The monoisotopic (exact) mass is 373 g/mol. The van der Waals surface area contributed by atoms with Gasteiger partial charge in [0, 0.05) is 6.07 Å². The average Bonchev–Trinajstić information content (AvgIpc) is 2.98. The number of ether oxygens (including phenoxy) is 3. The third kappa shape index (κ3) is 3.75. The highest BCUT2D eigenvalue weighted by molar-refractivity contribution is 6.44. The number of carbonyl (C=O) groups excluding carboxylic acids is 1. The van der Waals surface area contributed by atoms with Crippen molar-refractivity contribution in [1.29, 1.82) is 0 Å². The van der Waals surface area contributed by atoms with E-state index in [1.807, 2.05) is 0 Å². The fraction of sp³-hybridized carbons (Fsp3) is 0.133. The smallest absolute Gasteiger partial charge is 0.262 e. The summed E-state index contributed by atoms with van der Waals surface area (Å²) in [6.45, 7) is -0.0225. The van der Waals surface area contributed by atoms with Crippen molar-refractivity contribution in [2.24, 2.45) is 0 Å². The van der Waals surface area contributed by atoms with Crippen molar-refractivity contribution in [3.05, 3.63) is 45.4 Å². The molecule has 0 atom stereocenters. The maximum absolute atomic E-state index is 11.9. The molecule has 0 aromatic heterocycles. The summed E-state index contributed by atoms with van der Waals surface area (Å²) in [5.41, 5.74) is 0.361. The van der Waals surface area contributed by atoms with Gasteiger partial charge in [-0.15, -0.1) is 0 Å². The summed E-state index contributed by atoms with van der Waals surface area (Å²) in [7, 11) is 0. The first kappa shape index (κ1) is 16.1. The van der Waals surface area contributed by atoms with Crippen molar-refractivity contribution < 1.29 is 19.0 Å². The van der Waals surface area contributed by atoms with Crippen molar-refractivity contribution in [1.82, 2.24) is 0 Å². The van der Waals surface area contributed by atoms with Crippen LogP contribution in [0.15, 0.2) is 30.3 Å². The highest BCUT2D eigenvalue weighted by Crippen LogP contribution is 2.35. The minimum atomic E-state index is -0.386. The maximum atomic E-state index is 11.9. The number of rotatable bonds is 4. The molecule has 1 heterocycles. The standard InChI is InChI=1S/C15H10Cl3NO4/c16-9-4-11(18)12(5-10(9)17)19-15(20)6-21-8-1-2-13-14(3-8)23-7-22-13/h1-5H,6-7H2,(H,19,20). The molecule has 2 aromatic carbocycles. The van der Waals surface area contributed by atoms with E-state index in [0.717, 1.165) is 0 Å². The summed E-state index contributed by atoms with van der Waals surface area (Å²) in [5.74, 6) is 1.33. The Morgan fingerprint density at radius 3 is 2.61 bits per heavy atom. The van der Waals surface area contributed by atoms with Crippen LogP contribution in [0.5, 0.6) is 17.2 Å². The molecule has 120 valence electrons. The minimum absolute atomic E-state index is 0.176. The number of hydrogen-bond acceptors (Lipinski definition) is 4. The number of nitrogens with one attached hydrogen (secondary N) is 1. The lowest BCUT2D eigenvalue weighted by molar-refractivity contribution is -0.118. The Labute approximate surface area is 147 Å². The number of anilines is 1. The molecule has 0 aliphatic carbocycles. The van der Waals surface area contributed by atoms with Crippen molar-refractivity contribution >= 4 is 46.4 Å². The molecule has 1 aliphatic heterocycles. The highest BCUT2D eigenvalue weighted by atomic mass is 35.5. The van der Waals surface area contributed by atoms with Gasteiger partial charge in [0.15, 0.2) is 18.1 Å². The Morgan fingerprint density at radius 2 is 1.78 bits per heavy atom. The molecule has 0 bridgehead atoms. The molecule has 8 heteroatoms. The second-order valence-corrected chi connectivity index (χ2v) is 5.82. The Morgan fingerprint density at radius 1 is 1.04 bits per heavy atom. The number of amides is 1. The SMILES string of the molecule is O=C(COc1ccc2c(c1)OCO2)Nc1cc(Cl)c(Cl)cc1Cl. The zero-order valence-corrected chi connectivity index (χ0v) is 13.8. The molecule has 0 fully saturated rings. The fourth-order valence-corrected chi connectivity index (χ4v) is 2.51. The van der Waals surface area contributed by atoms with E-state index >= 15 is 0 Å². The molecular weight excluding hydrogens is 365 g/mol. The topological polar surface area (TPSA) is 56.8 Å². The first-order valence-corrected chi connectivity index (χ1v) is 7.63. The largest absolute Gasteiger partial charge is 0.484 e. The van der Waals surface area contributed by atoms with Crippen LogP contribution in [0.1, 0.15) is 0 Å². The second-order valence-electron chi connectivity index (χ2n) is 4.60. The Balaban J connectivity index is 1.61. The molecule has 0 saturated heterocycles. The lowest BCUT2D eigenvalue weighted by Crippen LogP contribution is -2.20. The molecule has 0 spiro atoms. The summed E-state index contributed by atoms with van der Waals surface area (Å²) >= 11 is 17.7. The first-order valence-electron chi connectivity index (χ1n) is 6.50. The van der Waals surface area contributed by atoms with E-state index in [1.165, 1.54) is 12.1 Å². The summed E-state index contributed by atoms with van der Waals surface area (Å²) in [6, 6.07) is 7.99. The van der Waals surface area contributed by atoms with Gasteiger partial charge in [0.2, 0.25) is 6.79 Å². The van der Waals surface area contributed by atoms with E-state index < -0.39 is 0 Å². The van der Waals surface area contributed by atoms with Crippen LogP contribution in [0.25, 0.3) is 0 Å². The van der Waals surface area contributed by atoms with Gasteiger partial charge in [-0.3, -0.25) is 4.79 Å². The van der Waals surface area contributed by atoms with E-state index in [2.05, 4.69) is 5.32 Å². The zero-order valence-electron chi connectivity index (χ0n) is 11.6. The minimum Gasteiger partial charge on any atom is -0.484 e. The Kier molecular flexibility index (Phi) is 4.71. The van der Waals surface area contributed by atoms with Crippen molar-refractivity contribution in [2.45, 2.75) is 0 Å². The van der Waals surface area contributed by atoms with E-state index in [9.17, 15) is 4.79 Å². The summed E-state index contributed by atoms with van der Waals surface area (Å²) in [4.78, 5) is 11.9. The van der Waals surface area contributed by atoms with Gasteiger partial charge in [-0.1, -0.05) is 34.8 Å². The molecule has 0 saturated carbocycles. The molecule has 23 heavy (non-hydrogen) atoms. The van der Waals surface area contributed by atoms with Gasteiger partial charge >= 0.3 is 0 Å². The third-order valence-electron chi connectivity index (χ3n) is 3.00. The summed E-state index contributed by atoms with van der Waals surface area (Å²) in [5, 5.41) is 3.50. The van der Waals surface area contributed by atoms with Crippen LogP contribution in [-0.2, 0) is 4.79 Å². The number of fused-ring (bicyclic) bond motifs is 1. The first-order chi connectivity index (χ1) is 11.0. The van der Waals surface area contributed by atoms with Crippen LogP contribution in [0.4, 0.5) is 5.69 Å². The summed E-state index contributed by atoms with van der Waals surface area (Å²) in [6.07, 6.45) is 0. The molecule has 2 aromatic rings. The van der Waals surface area contributed by atoms with Crippen LogP contribution >= 0.6 is 34.8 Å². The Bertz CT molecular complexity index is 767. The van der Waals surface area contributed by atoms with Gasteiger partial charge < -0.3 is 19.5 Å². The lowest BCUT2D eigenvalue weighted by Gasteiger charge is -2.10. The van der Waals surface area contributed by atoms with Crippen LogP contribution in [-0.4, -0.2) is 19.3 Å². The fourth-order valence-electron chi connectivity index (χ4n) is 1.92. The van der Waals surface area contributed by atoms with Gasteiger partial charge in [-0.2, -0.15) is 0 Å². The van der Waals surface area contributed by atoms with Gasteiger partial charge in [0.1, 0.15) is 5.75 Å². The normalized spacial score (nSPS) is 12.1. The van der Waals surface area contributed by atoms with Gasteiger partial charge in [-0.25, -0.2) is 0 Å². The van der Waals surface area contributed by atoms with E-state index in [-0.39, 0.29) is 24.3 Å². The van der Waals surface area contributed by atoms with E-state index in [0.29, 0.717) is 33.0 Å². The van der Waals surface area contributed by atoms with Gasteiger partial charge in [0.05, 0.1) is 20.8 Å². The quantitative estimate of drug-likeness (QED) is 0.806. The maximum Gasteiger partial charge on any atom is 0.262 e. The van der Waals surface area contributed by atoms with E-state index in [4.69, 9.17) is 49.0 Å². The number of carbonyl (C=O) groups is 1. The van der Waals surface area contributed by atoms with Gasteiger partial charge in [0.25, 0.3) is 5.91 Å². The predicted molar refractivity (Wildman–Crippen MR) is 88.2 cm³/mol. The molecule has 1 N–H and O–H groups in total. The predicted octanol–water partition coefficient (Wildman–Crippen LogP) is 4.39. The highest BCUT2D eigenvalue weighted by Gasteiger charge is 2.15. The van der Waals surface area contributed by atoms with Crippen LogP contribution in [0, 0.1) is 0 Å². The molecule has 5 nitrogen and oxygen atoms in total. The molecular formula is C15H10Cl3NO4. The molecule has 1 amide bonds. The van der Waals surface area contributed by atoms with E-state index in [1.54, 1.807) is 18.2 Å². The van der Waals surface area contributed by atoms with Crippen molar-refractivity contribution in [3.8, 4) is 17.2 Å². The Hall–Kier alpha value is -1.82. The average molecular weight is 375 g/mol. The number of hydrogen-bond donors (Lipinski definition) is 1. The molecule has 0 unspecified atom stereocenters. The third-order valence-corrected chi connectivity index (χ3v) is 4.03. The number of halogens is 3. The molecule has 0 radical (unpaired) electrons. The molecule has 3 rings (SSSR count). The van der Waals surface area contributed by atoms with Crippen LogP contribution < -0.4 is 19.5 Å². The second kappa shape index (κ2) is 6.74. The van der Waals surface area contributed by atoms with Gasteiger partial charge in [-0.05, 0) is 24.3 Å². The lowest BCUT2D eigenvalue weighted by atomic mass is 10.3. The van der Waals surface area contributed by atoms with Crippen LogP contribution in [0.3, 0.4) is 0 Å².